The number of pyridine rings is 1. The Hall–Kier alpha value is -2.96. The lowest BCUT2D eigenvalue weighted by molar-refractivity contribution is 0.0692. The molecule has 24 heavy (non-hydrogen) atoms. The Morgan fingerprint density at radius 3 is 2.33 bits per heavy atom. The second-order valence-electron chi connectivity index (χ2n) is 5.47. The molecule has 6 nitrogen and oxygen atoms in total. The van der Waals surface area contributed by atoms with Crippen molar-refractivity contribution in [3.05, 3.63) is 59.5 Å². The molecule has 0 aliphatic carbocycles. The topological polar surface area (TPSA) is 73.7 Å². The zero-order valence-corrected chi connectivity index (χ0v) is 12.9. The molecular weight excluding hydrogens is 313 g/mol. The number of hydrogen-bond donors (Lipinski definition) is 1. The molecule has 0 unspecified atom stereocenters. The number of halogens is 1. The van der Waals surface area contributed by atoms with Crippen LogP contribution in [0.4, 0.5) is 10.2 Å². The quantitative estimate of drug-likeness (QED) is 0.931. The molecule has 0 bridgehead atoms. The van der Waals surface area contributed by atoms with E-state index in [0.717, 1.165) is 0 Å². The summed E-state index contributed by atoms with van der Waals surface area (Å²) in [5.41, 5.74) is 0.588. The van der Waals surface area contributed by atoms with Gasteiger partial charge in [-0.2, -0.15) is 0 Å². The van der Waals surface area contributed by atoms with Crippen LogP contribution in [0, 0.1) is 5.82 Å². The smallest absolute Gasteiger partial charge is 0.339 e. The van der Waals surface area contributed by atoms with Gasteiger partial charge in [0.25, 0.3) is 5.91 Å². The molecule has 1 saturated heterocycles. The Morgan fingerprint density at radius 1 is 1.04 bits per heavy atom. The van der Waals surface area contributed by atoms with Gasteiger partial charge >= 0.3 is 5.97 Å². The van der Waals surface area contributed by atoms with Gasteiger partial charge in [0.2, 0.25) is 0 Å². The summed E-state index contributed by atoms with van der Waals surface area (Å²) in [7, 11) is 0. The van der Waals surface area contributed by atoms with E-state index in [9.17, 15) is 19.1 Å². The van der Waals surface area contributed by atoms with Gasteiger partial charge in [0.15, 0.2) is 0 Å². The third kappa shape index (κ3) is 3.19. The van der Waals surface area contributed by atoms with E-state index in [1.807, 2.05) is 4.90 Å². The van der Waals surface area contributed by atoms with Crippen LogP contribution in [-0.2, 0) is 0 Å². The first kappa shape index (κ1) is 15.9. The van der Waals surface area contributed by atoms with Crippen LogP contribution in [0.2, 0.25) is 0 Å². The Kier molecular flexibility index (Phi) is 4.41. The largest absolute Gasteiger partial charge is 0.478 e. The number of benzene rings is 1. The molecule has 1 aliphatic rings. The summed E-state index contributed by atoms with van der Waals surface area (Å²) in [6.45, 7) is 1.88. The van der Waals surface area contributed by atoms with Crippen molar-refractivity contribution in [2.24, 2.45) is 0 Å². The van der Waals surface area contributed by atoms with E-state index in [0.29, 0.717) is 37.6 Å². The zero-order chi connectivity index (χ0) is 17.1. The number of amides is 1. The molecular formula is C17H16FN3O3. The first-order valence-electron chi connectivity index (χ1n) is 7.54. The summed E-state index contributed by atoms with van der Waals surface area (Å²) in [4.78, 5) is 31.4. The Bertz CT molecular complexity index is 756. The van der Waals surface area contributed by atoms with Crippen LogP contribution in [0.1, 0.15) is 20.7 Å². The van der Waals surface area contributed by atoms with Crippen molar-refractivity contribution in [2.75, 3.05) is 31.1 Å². The van der Waals surface area contributed by atoms with Crippen molar-refractivity contribution in [1.82, 2.24) is 9.88 Å². The van der Waals surface area contributed by atoms with Crippen LogP contribution in [0.15, 0.2) is 42.6 Å². The van der Waals surface area contributed by atoms with Gasteiger partial charge < -0.3 is 14.9 Å². The van der Waals surface area contributed by atoms with E-state index in [1.54, 1.807) is 17.2 Å². The van der Waals surface area contributed by atoms with Crippen molar-refractivity contribution < 1.29 is 19.1 Å². The maximum atomic E-state index is 12.9. The second-order valence-corrected chi connectivity index (χ2v) is 5.47. The fraction of sp³-hybridized carbons (Fsp3) is 0.235. The first-order valence-corrected chi connectivity index (χ1v) is 7.54. The molecule has 1 aliphatic heterocycles. The number of carbonyl (C=O) groups is 2. The number of rotatable bonds is 3. The molecule has 0 atom stereocenters. The third-order valence-corrected chi connectivity index (χ3v) is 3.97. The van der Waals surface area contributed by atoms with E-state index in [1.165, 1.54) is 30.3 Å². The van der Waals surface area contributed by atoms with Gasteiger partial charge in [-0.25, -0.2) is 14.2 Å². The number of aromatic carboxylic acids is 1. The number of aromatic nitrogens is 1. The van der Waals surface area contributed by atoms with Gasteiger partial charge in [0, 0.05) is 37.9 Å². The molecule has 1 fully saturated rings. The summed E-state index contributed by atoms with van der Waals surface area (Å²) >= 11 is 0. The van der Waals surface area contributed by atoms with Crippen LogP contribution < -0.4 is 4.90 Å². The number of carboxylic acids is 1. The SMILES string of the molecule is O=C(O)c1cccnc1N1CCN(C(=O)c2ccc(F)cc2)CC1. The highest BCUT2D eigenvalue weighted by atomic mass is 19.1. The fourth-order valence-corrected chi connectivity index (χ4v) is 2.71. The summed E-state index contributed by atoms with van der Waals surface area (Å²) in [6, 6.07) is 8.55. The minimum atomic E-state index is -1.03. The molecule has 2 aromatic rings. The highest BCUT2D eigenvalue weighted by molar-refractivity contribution is 5.95. The first-order chi connectivity index (χ1) is 11.6. The van der Waals surface area contributed by atoms with Crippen molar-refractivity contribution in [1.29, 1.82) is 0 Å². The molecule has 0 spiro atoms. The lowest BCUT2D eigenvalue weighted by atomic mass is 10.1. The van der Waals surface area contributed by atoms with E-state index in [-0.39, 0.29) is 17.3 Å². The lowest BCUT2D eigenvalue weighted by Gasteiger charge is -2.35. The Labute approximate surface area is 138 Å². The molecule has 1 N–H and O–H groups in total. The van der Waals surface area contributed by atoms with Gasteiger partial charge in [0.05, 0.1) is 0 Å². The van der Waals surface area contributed by atoms with E-state index < -0.39 is 5.97 Å². The molecule has 0 saturated carbocycles. The number of piperazine rings is 1. The number of carbonyl (C=O) groups excluding carboxylic acids is 1. The number of anilines is 1. The van der Waals surface area contributed by atoms with E-state index in [2.05, 4.69) is 4.98 Å². The van der Waals surface area contributed by atoms with Crippen molar-refractivity contribution in [3.63, 3.8) is 0 Å². The summed E-state index contributed by atoms with van der Waals surface area (Å²) in [5, 5.41) is 9.25. The van der Waals surface area contributed by atoms with Crippen molar-refractivity contribution >= 4 is 17.7 Å². The van der Waals surface area contributed by atoms with Gasteiger partial charge in [0.1, 0.15) is 17.2 Å². The Morgan fingerprint density at radius 2 is 1.71 bits per heavy atom. The predicted octanol–water partition coefficient (Wildman–Crippen LogP) is 1.88. The highest BCUT2D eigenvalue weighted by Gasteiger charge is 2.25. The van der Waals surface area contributed by atoms with E-state index in [4.69, 9.17) is 0 Å². The predicted molar refractivity (Wildman–Crippen MR) is 85.7 cm³/mol. The molecule has 1 aromatic heterocycles. The fourth-order valence-electron chi connectivity index (χ4n) is 2.71. The van der Waals surface area contributed by atoms with Crippen molar-refractivity contribution in [3.8, 4) is 0 Å². The normalized spacial score (nSPS) is 14.5. The van der Waals surface area contributed by atoms with Crippen molar-refractivity contribution in [2.45, 2.75) is 0 Å². The second kappa shape index (κ2) is 6.66. The van der Waals surface area contributed by atoms with E-state index >= 15 is 0 Å². The van der Waals surface area contributed by atoms with Crippen LogP contribution in [-0.4, -0.2) is 53.0 Å². The molecule has 1 amide bonds. The molecule has 2 heterocycles. The third-order valence-electron chi connectivity index (χ3n) is 3.97. The molecule has 0 radical (unpaired) electrons. The summed E-state index contributed by atoms with van der Waals surface area (Å²) < 4.78 is 12.9. The summed E-state index contributed by atoms with van der Waals surface area (Å²) in [5.74, 6) is -1.15. The highest BCUT2D eigenvalue weighted by Crippen LogP contribution is 2.19. The molecule has 124 valence electrons. The Balaban J connectivity index is 1.69. The average Bonchev–Trinajstić information content (AvgIpc) is 2.62. The molecule has 1 aromatic carbocycles. The van der Waals surface area contributed by atoms with Gasteiger partial charge in [-0.05, 0) is 36.4 Å². The van der Waals surface area contributed by atoms with Crippen LogP contribution in [0.25, 0.3) is 0 Å². The minimum absolute atomic E-state index is 0.149. The number of carboxylic acid groups (broad SMARTS) is 1. The van der Waals surface area contributed by atoms with Crippen LogP contribution in [0.5, 0.6) is 0 Å². The molecule has 7 heteroatoms. The van der Waals surface area contributed by atoms with Gasteiger partial charge in [-0.3, -0.25) is 4.79 Å². The van der Waals surface area contributed by atoms with Gasteiger partial charge in [-0.1, -0.05) is 0 Å². The number of hydrogen-bond acceptors (Lipinski definition) is 4. The van der Waals surface area contributed by atoms with Crippen LogP contribution in [0.3, 0.4) is 0 Å². The van der Waals surface area contributed by atoms with Crippen LogP contribution >= 0.6 is 0 Å². The molecule has 3 rings (SSSR count). The average molecular weight is 329 g/mol. The zero-order valence-electron chi connectivity index (χ0n) is 12.9. The minimum Gasteiger partial charge on any atom is -0.478 e. The summed E-state index contributed by atoms with van der Waals surface area (Å²) in [6.07, 6.45) is 1.55. The lowest BCUT2D eigenvalue weighted by Crippen LogP contribution is -2.49. The maximum Gasteiger partial charge on any atom is 0.339 e. The monoisotopic (exact) mass is 329 g/mol. The standard InChI is InChI=1S/C17H16FN3O3/c18-13-5-3-12(4-6-13)16(22)21-10-8-20(9-11-21)15-14(17(23)24)2-1-7-19-15/h1-7H,8-11H2,(H,23,24). The van der Waals surface area contributed by atoms with Gasteiger partial charge in [-0.15, -0.1) is 0 Å². The number of nitrogens with zero attached hydrogens (tertiary/aromatic N) is 3. The maximum absolute atomic E-state index is 12.9.